The molecule has 0 atom stereocenters. The molecule has 2 rings (SSSR count). The highest BCUT2D eigenvalue weighted by Gasteiger charge is 2.03. The van der Waals surface area contributed by atoms with E-state index in [9.17, 15) is 0 Å². The third-order valence-electron chi connectivity index (χ3n) is 3.18. The van der Waals surface area contributed by atoms with Gasteiger partial charge in [-0.05, 0) is 60.1 Å². The van der Waals surface area contributed by atoms with Crippen LogP contribution in [-0.4, -0.2) is 5.11 Å². The van der Waals surface area contributed by atoms with E-state index in [1.165, 1.54) is 0 Å². The molecule has 2 aromatic rings. The lowest BCUT2D eigenvalue weighted by molar-refractivity contribution is 0.829. The smallest absolute Gasteiger partial charge is 0.166 e. The van der Waals surface area contributed by atoms with E-state index in [0.717, 1.165) is 21.7 Å². The minimum atomic E-state index is 0.539. The van der Waals surface area contributed by atoms with Gasteiger partial charge in [-0.25, -0.2) is 0 Å². The molecule has 0 aromatic heterocycles. The van der Waals surface area contributed by atoms with Gasteiger partial charge in [0.15, 0.2) is 5.11 Å². The molecule has 0 heterocycles. The van der Waals surface area contributed by atoms with E-state index >= 15 is 0 Å². The Kier molecular flexibility index (Phi) is 6.33. The molecule has 0 bridgehead atoms. The van der Waals surface area contributed by atoms with Crippen LogP contribution in [0.5, 0.6) is 0 Å². The van der Waals surface area contributed by atoms with Gasteiger partial charge in [-0.1, -0.05) is 46.9 Å². The quantitative estimate of drug-likeness (QED) is 0.727. The zero-order valence-electron chi connectivity index (χ0n) is 11.9. The maximum Gasteiger partial charge on any atom is 0.166 e. The molecule has 0 radical (unpaired) electrons. The van der Waals surface area contributed by atoms with Gasteiger partial charge in [0.25, 0.3) is 0 Å². The van der Waals surface area contributed by atoms with Crippen molar-refractivity contribution in [3.63, 3.8) is 0 Å². The fourth-order valence-corrected chi connectivity index (χ4v) is 2.62. The van der Waals surface area contributed by atoms with Gasteiger partial charge >= 0.3 is 0 Å². The van der Waals surface area contributed by atoms with Crippen molar-refractivity contribution in [1.82, 2.24) is 10.6 Å². The van der Waals surface area contributed by atoms with Crippen LogP contribution in [0.3, 0.4) is 0 Å². The van der Waals surface area contributed by atoms with Gasteiger partial charge < -0.3 is 10.6 Å². The third-order valence-corrected chi connectivity index (χ3v) is 4.44. The Hall–Kier alpha value is -1.000. The fourth-order valence-electron chi connectivity index (χ4n) is 1.93. The highest BCUT2D eigenvalue weighted by molar-refractivity contribution is 7.80. The van der Waals surface area contributed by atoms with Gasteiger partial charge in [0.2, 0.25) is 0 Å². The minimum Gasteiger partial charge on any atom is -0.359 e. The van der Waals surface area contributed by atoms with Gasteiger partial charge in [-0.2, -0.15) is 0 Å². The number of rotatable bonds is 4. The molecule has 0 saturated carbocycles. The van der Waals surface area contributed by atoms with Crippen molar-refractivity contribution in [3.8, 4) is 0 Å². The van der Waals surface area contributed by atoms with E-state index in [1.807, 2.05) is 37.3 Å². The Bertz CT molecular complexity index is 689. The summed E-state index contributed by atoms with van der Waals surface area (Å²) in [5.74, 6) is 0. The first-order valence-electron chi connectivity index (χ1n) is 6.66. The van der Waals surface area contributed by atoms with Crippen LogP contribution in [0.2, 0.25) is 15.1 Å². The molecule has 0 spiro atoms. The molecular formula is C16H15Cl3N2S. The summed E-state index contributed by atoms with van der Waals surface area (Å²) in [6, 6.07) is 11.3. The van der Waals surface area contributed by atoms with E-state index in [1.54, 1.807) is 6.07 Å². The van der Waals surface area contributed by atoms with Crippen molar-refractivity contribution in [2.24, 2.45) is 0 Å². The predicted molar refractivity (Wildman–Crippen MR) is 98.9 cm³/mol. The van der Waals surface area contributed by atoms with Gasteiger partial charge in [0, 0.05) is 18.1 Å². The minimum absolute atomic E-state index is 0.539. The molecule has 2 nitrogen and oxygen atoms in total. The van der Waals surface area contributed by atoms with E-state index < -0.39 is 0 Å². The fraction of sp³-hybridized carbons (Fsp3) is 0.188. The zero-order chi connectivity index (χ0) is 16.1. The van der Waals surface area contributed by atoms with Crippen molar-refractivity contribution >= 4 is 52.1 Å². The molecule has 22 heavy (non-hydrogen) atoms. The zero-order valence-corrected chi connectivity index (χ0v) is 15.0. The lowest BCUT2D eigenvalue weighted by Gasteiger charge is -2.12. The second-order valence-electron chi connectivity index (χ2n) is 4.86. The molecule has 0 aliphatic heterocycles. The van der Waals surface area contributed by atoms with Crippen molar-refractivity contribution < 1.29 is 0 Å². The topological polar surface area (TPSA) is 24.1 Å². The molecular weight excluding hydrogens is 359 g/mol. The second-order valence-corrected chi connectivity index (χ2v) is 6.51. The SMILES string of the molecule is Cc1cc(Cl)ccc1CNC(=S)NCc1ccc(Cl)c(Cl)c1. The molecule has 0 aliphatic carbocycles. The van der Waals surface area contributed by atoms with Crippen LogP contribution < -0.4 is 10.6 Å². The van der Waals surface area contributed by atoms with E-state index in [2.05, 4.69) is 10.6 Å². The molecule has 116 valence electrons. The van der Waals surface area contributed by atoms with Crippen LogP contribution in [0, 0.1) is 6.92 Å². The Labute approximate surface area is 150 Å². The third kappa shape index (κ3) is 5.03. The lowest BCUT2D eigenvalue weighted by atomic mass is 10.1. The predicted octanol–water partition coefficient (Wildman–Crippen LogP) is 5.12. The molecule has 0 amide bonds. The van der Waals surface area contributed by atoms with Gasteiger partial charge in [0.1, 0.15) is 0 Å². The molecule has 2 aromatic carbocycles. The summed E-state index contributed by atoms with van der Waals surface area (Å²) in [7, 11) is 0. The van der Waals surface area contributed by atoms with Crippen molar-refractivity contribution in [2.45, 2.75) is 20.0 Å². The van der Waals surface area contributed by atoms with Crippen molar-refractivity contribution in [3.05, 3.63) is 68.2 Å². The standard InChI is InChI=1S/C16H15Cl3N2S/c1-10-6-13(17)4-3-12(10)9-21-16(22)20-8-11-2-5-14(18)15(19)7-11/h2-7H,8-9H2,1H3,(H2,20,21,22). The van der Waals surface area contributed by atoms with Crippen molar-refractivity contribution in [1.29, 1.82) is 0 Å². The average Bonchev–Trinajstić information content (AvgIpc) is 2.47. The van der Waals surface area contributed by atoms with E-state index in [0.29, 0.717) is 28.2 Å². The Morgan fingerprint density at radius 1 is 0.955 bits per heavy atom. The number of hydrogen-bond donors (Lipinski definition) is 2. The summed E-state index contributed by atoms with van der Waals surface area (Å²) in [6.45, 7) is 3.26. The number of halogens is 3. The first-order valence-corrected chi connectivity index (χ1v) is 8.20. The van der Waals surface area contributed by atoms with Crippen LogP contribution in [0.25, 0.3) is 0 Å². The lowest BCUT2D eigenvalue weighted by Crippen LogP contribution is -2.34. The van der Waals surface area contributed by atoms with Crippen LogP contribution in [0.15, 0.2) is 36.4 Å². The van der Waals surface area contributed by atoms with E-state index in [4.69, 9.17) is 47.0 Å². The highest BCUT2D eigenvalue weighted by Crippen LogP contribution is 2.22. The van der Waals surface area contributed by atoms with Gasteiger partial charge in [-0.3, -0.25) is 0 Å². The number of nitrogens with one attached hydrogen (secondary N) is 2. The van der Waals surface area contributed by atoms with Crippen LogP contribution >= 0.6 is 47.0 Å². The van der Waals surface area contributed by atoms with Crippen molar-refractivity contribution in [2.75, 3.05) is 0 Å². The Morgan fingerprint density at radius 2 is 1.68 bits per heavy atom. The number of benzene rings is 2. The first kappa shape index (κ1) is 17.4. The van der Waals surface area contributed by atoms with Crippen LogP contribution in [-0.2, 0) is 13.1 Å². The summed E-state index contributed by atoms with van der Waals surface area (Å²) in [4.78, 5) is 0. The molecule has 0 saturated heterocycles. The summed E-state index contributed by atoms with van der Waals surface area (Å²) < 4.78 is 0. The highest BCUT2D eigenvalue weighted by atomic mass is 35.5. The monoisotopic (exact) mass is 372 g/mol. The Balaban J connectivity index is 1.84. The molecule has 0 unspecified atom stereocenters. The molecule has 6 heteroatoms. The van der Waals surface area contributed by atoms with Gasteiger partial charge in [-0.15, -0.1) is 0 Å². The first-order chi connectivity index (χ1) is 10.5. The molecule has 2 N–H and O–H groups in total. The van der Waals surface area contributed by atoms with Gasteiger partial charge in [0.05, 0.1) is 10.0 Å². The summed E-state index contributed by atoms with van der Waals surface area (Å²) in [5, 5.41) is 8.72. The largest absolute Gasteiger partial charge is 0.359 e. The molecule has 0 aliphatic rings. The normalized spacial score (nSPS) is 10.4. The van der Waals surface area contributed by atoms with E-state index in [-0.39, 0.29) is 0 Å². The maximum atomic E-state index is 5.98. The molecule has 0 fully saturated rings. The maximum absolute atomic E-state index is 5.98. The summed E-state index contributed by atoms with van der Waals surface area (Å²) in [6.07, 6.45) is 0. The number of thiocarbonyl (C=S) groups is 1. The Morgan fingerprint density at radius 3 is 2.36 bits per heavy atom. The van der Waals surface area contributed by atoms with Crippen LogP contribution in [0.1, 0.15) is 16.7 Å². The van der Waals surface area contributed by atoms with Crippen LogP contribution in [0.4, 0.5) is 0 Å². The number of aryl methyl sites for hydroxylation is 1. The summed E-state index contributed by atoms with van der Waals surface area (Å²) in [5.41, 5.74) is 3.30. The second kappa shape index (κ2) is 8.02. The summed E-state index contributed by atoms with van der Waals surface area (Å²) >= 11 is 23.1. The number of hydrogen-bond acceptors (Lipinski definition) is 1. The average molecular weight is 374 g/mol.